The van der Waals surface area contributed by atoms with Gasteiger partial charge in [0.1, 0.15) is 11.5 Å². The molecular weight excluding hydrogens is 501 g/mol. The number of nitrogens with one attached hydrogen (secondary N) is 1. The Kier molecular flexibility index (Phi) is 7.07. The van der Waals surface area contributed by atoms with Crippen molar-refractivity contribution in [3.8, 4) is 5.69 Å². The lowest BCUT2D eigenvalue weighted by Gasteiger charge is -2.09. The number of carbonyl (C=O) groups excluding carboxylic acids is 2. The Labute approximate surface area is 211 Å². The number of sulfonamides is 1. The fourth-order valence-electron chi connectivity index (χ4n) is 3.60. The maximum atomic E-state index is 13.1. The summed E-state index contributed by atoms with van der Waals surface area (Å²) in [5.74, 6) is -1.98. The van der Waals surface area contributed by atoms with Crippen LogP contribution in [-0.4, -0.2) is 36.1 Å². The van der Waals surface area contributed by atoms with Crippen molar-refractivity contribution < 1.29 is 27.1 Å². The number of halogens is 1. The lowest BCUT2D eigenvalue weighted by Crippen LogP contribution is -2.23. The molecule has 0 spiro atoms. The summed E-state index contributed by atoms with van der Waals surface area (Å²) < 4.78 is 49.5. The van der Waals surface area contributed by atoms with Gasteiger partial charge in [-0.25, -0.2) is 22.3 Å². The van der Waals surface area contributed by atoms with Crippen LogP contribution in [0.5, 0.6) is 0 Å². The van der Waals surface area contributed by atoms with Gasteiger partial charge in [-0.05, 0) is 61.5 Å². The number of rotatable bonds is 8. The number of nitrogens with zero attached hydrogens (tertiary/aromatic N) is 2. The molecule has 0 atom stereocenters. The minimum absolute atomic E-state index is 0.110. The van der Waals surface area contributed by atoms with Crippen LogP contribution in [0.25, 0.3) is 5.69 Å². The molecule has 0 aliphatic heterocycles. The standard InChI is InChI=1S/C26H22FN3O6S/c1-17-24(25(32)30(29(17)2)21-8-4-3-5-9-21)28-37(34,35)22-10-6-7-19(15-22)26(33)36-16-23(31)18-11-13-20(27)14-12-18/h3-15,28H,16H2,1-2H3. The number of para-hydroxylation sites is 1. The van der Waals surface area contributed by atoms with E-state index in [1.165, 1.54) is 39.7 Å². The van der Waals surface area contributed by atoms with Crippen molar-refractivity contribution in [3.05, 3.63) is 112 Å². The maximum absolute atomic E-state index is 13.1. The van der Waals surface area contributed by atoms with Crippen LogP contribution in [0, 0.1) is 12.7 Å². The zero-order valence-electron chi connectivity index (χ0n) is 19.8. The van der Waals surface area contributed by atoms with Crippen LogP contribution in [0.2, 0.25) is 0 Å². The van der Waals surface area contributed by atoms with E-state index in [0.29, 0.717) is 11.4 Å². The number of anilines is 1. The molecule has 0 aliphatic carbocycles. The highest BCUT2D eigenvalue weighted by Crippen LogP contribution is 2.20. The molecule has 0 saturated carbocycles. The van der Waals surface area contributed by atoms with E-state index in [4.69, 9.17) is 4.74 Å². The van der Waals surface area contributed by atoms with Crippen molar-refractivity contribution in [1.29, 1.82) is 0 Å². The molecule has 4 rings (SSSR count). The molecule has 1 heterocycles. The molecule has 1 N–H and O–H groups in total. The molecule has 9 nitrogen and oxygen atoms in total. The largest absolute Gasteiger partial charge is 0.454 e. The average molecular weight is 524 g/mol. The van der Waals surface area contributed by atoms with Crippen LogP contribution in [0.3, 0.4) is 0 Å². The van der Waals surface area contributed by atoms with Gasteiger partial charge in [0.2, 0.25) is 0 Å². The molecule has 1 aromatic heterocycles. The van der Waals surface area contributed by atoms with E-state index in [9.17, 15) is 27.2 Å². The molecule has 0 amide bonds. The molecule has 0 bridgehead atoms. The number of carbonyl (C=O) groups is 2. The molecule has 37 heavy (non-hydrogen) atoms. The number of benzene rings is 3. The minimum Gasteiger partial charge on any atom is -0.454 e. The Hall–Kier alpha value is -4.51. The van der Waals surface area contributed by atoms with Crippen LogP contribution in [0.15, 0.2) is 88.6 Å². The monoisotopic (exact) mass is 523 g/mol. The summed E-state index contributed by atoms with van der Waals surface area (Å²) >= 11 is 0. The van der Waals surface area contributed by atoms with Gasteiger partial charge < -0.3 is 4.74 Å². The van der Waals surface area contributed by atoms with Crippen LogP contribution in [0.1, 0.15) is 26.4 Å². The van der Waals surface area contributed by atoms with Crippen LogP contribution >= 0.6 is 0 Å². The quantitative estimate of drug-likeness (QED) is 0.279. The average Bonchev–Trinajstić information content (AvgIpc) is 3.10. The number of hydrogen-bond donors (Lipinski definition) is 1. The predicted molar refractivity (Wildman–Crippen MR) is 134 cm³/mol. The molecule has 4 aromatic rings. The second-order valence-electron chi connectivity index (χ2n) is 8.08. The van der Waals surface area contributed by atoms with E-state index >= 15 is 0 Å². The summed E-state index contributed by atoms with van der Waals surface area (Å²) in [5.41, 5.74) is 0.292. The third-order valence-electron chi connectivity index (χ3n) is 5.67. The first-order valence-corrected chi connectivity index (χ1v) is 12.5. The topological polar surface area (TPSA) is 116 Å². The molecule has 0 unspecified atom stereocenters. The van der Waals surface area contributed by atoms with Gasteiger partial charge in [-0.1, -0.05) is 24.3 Å². The third-order valence-corrected chi connectivity index (χ3v) is 7.02. The highest BCUT2D eigenvalue weighted by Gasteiger charge is 2.23. The van der Waals surface area contributed by atoms with E-state index in [1.807, 2.05) is 0 Å². The SMILES string of the molecule is Cc1c(NS(=O)(=O)c2cccc(C(=O)OCC(=O)c3ccc(F)cc3)c2)c(=O)n(-c2ccccc2)n1C. The number of esters is 1. The highest BCUT2D eigenvalue weighted by molar-refractivity contribution is 7.92. The van der Waals surface area contributed by atoms with E-state index < -0.39 is 39.8 Å². The lowest BCUT2D eigenvalue weighted by atomic mass is 10.1. The highest BCUT2D eigenvalue weighted by atomic mass is 32.2. The van der Waals surface area contributed by atoms with Gasteiger partial charge in [0, 0.05) is 12.6 Å². The van der Waals surface area contributed by atoms with E-state index in [2.05, 4.69) is 4.72 Å². The first kappa shape index (κ1) is 25.6. The molecule has 11 heteroatoms. The smallest absolute Gasteiger partial charge is 0.338 e. The first-order chi connectivity index (χ1) is 17.6. The normalized spacial score (nSPS) is 11.2. The number of Topliss-reactive ketones (excluding diaryl/α,β-unsaturated/α-hetero) is 1. The van der Waals surface area contributed by atoms with Gasteiger partial charge in [-0.15, -0.1) is 0 Å². The fraction of sp³-hybridized carbons (Fsp3) is 0.115. The maximum Gasteiger partial charge on any atom is 0.338 e. The minimum atomic E-state index is -4.27. The van der Waals surface area contributed by atoms with E-state index in [0.717, 1.165) is 18.2 Å². The zero-order chi connectivity index (χ0) is 26.7. The van der Waals surface area contributed by atoms with E-state index in [1.54, 1.807) is 44.3 Å². The van der Waals surface area contributed by atoms with Gasteiger partial charge in [-0.2, -0.15) is 0 Å². The molecule has 0 radical (unpaired) electrons. The predicted octanol–water partition coefficient (Wildman–Crippen LogP) is 3.46. The summed E-state index contributed by atoms with van der Waals surface area (Å²) in [6.07, 6.45) is 0. The number of hydrogen-bond acceptors (Lipinski definition) is 6. The van der Waals surface area contributed by atoms with Crippen molar-refractivity contribution >= 4 is 27.5 Å². The lowest BCUT2D eigenvalue weighted by molar-refractivity contribution is 0.0474. The van der Waals surface area contributed by atoms with Gasteiger partial charge in [0.05, 0.1) is 21.8 Å². The molecule has 3 aromatic carbocycles. The van der Waals surface area contributed by atoms with Crippen molar-refractivity contribution in [2.75, 3.05) is 11.3 Å². The zero-order valence-corrected chi connectivity index (χ0v) is 20.7. The van der Waals surface area contributed by atoms with Crippen molar-refractivity contribution in [2.24, 2.45) is 7.05 Å². The Morgan fingerprint density at radius 2 is 1.62 bits per heavy atom. The van der Waals surface area contributed by atoms with Crippen molar-refractivity contribution in [1.82, 2.24) is 9.36 Å². The first-order valence-electron chi connectivity index (χ1n) is 11.0. The van der Waals surface area contributed by atoms with Crippen LogP contribution in [-0.2, 0) is 21.8 Å². The fourth-order valence-corrected chi connectivity index (χ4v) is 4.76. The molecular formula is C26H22FN3O6S. The Morgan fingerprint density at radius 3 is 2.30 bits per heavy atom. The summed E-state index contributed by atoms with van der Waals surface area (Å²) in [6, 6.07) is 18.5. The van der Waals surface area contributed by atoms with Gasteiger partial charge >= 0.3 is 5.97 Å². The Balaban J connectivity index is 1.54. The molecule has 0 aliphatic rings. The summed E-state index contributed by atoms with van der Waals surface area (Å²) in [7, 11) is -2.63. The number of aromatic nitrogens is 2. The molecule has 0 fully saturated rings. The summed E-state index contributed by atoms with van der Waals surface area (Å²) in [4.78, 5) is 37.4. The van der Waals surface area contributed by atoms with Crippen molar-refractivity contribution in [3.63, 3.8) is 0 Å². The van der Waals surface area contributed by atoms with Crippen LogP contribution in [0.4, 0.5) is 10.1 Å². The number of ether oxygens (including phenoxy) is 1. The van der Waals surface area contributed by atoms with Crippen LogP contribution < -0.4 is 10.3 Å². The van der Waals surface area contributed by atoms with Gasteiger partial charge in [0.15, 0.2) is 12.4 Å². The summed E-state index contributed by atoms with van der Waals surface area (Å²) in [6.45, 7) is 0.993. The van der Waals surface area contributed by atoms with Gasteiger partial charge in [0.25, 0.3) is 15.6 Å². The van der Waals surface area contributed by atoms with Crippen molar-refractivity contribution in [2.45, 2.75) is 11.8 Å². The number of ketones is 1. The van der Waals surface area contributed by atoms with E-state index in [-0.39, 0.29) is 21.7 Å². The molecule has 190 valence electrons. The second kappa shape index (κ2) is 10.2. The Morgan fingerprint density at radius 1 is 0.946 bits per heavy atom. The summed E-state index contributed by atoms with van der Waals surface area (Å²) in [5, 5.41) is 0. The third kappa shape index (κ3) is 5.36. The Bertz CT molecular complexity index is 1640. The second-order valence-corrected chi connectivity index (χ2v) is 9.76. The molecule has 0 saturated heterocycles. The van der Waals surface area contributed by atoms with Gasteiger partial charge in [-0.3, -0.25) is 19.0 Å².